The van der Waals surface area contributed by atoms with Crippen molar-refractivity contribution in [1.82, 2.24) is 4.98 Å². The van der Waals surface area contributed by atoms with E-state index in [0.717, 1.165) is 27.0 Å². The highest BCUT2D eigenvalue weighted by Crippen LogP contribution is 2.36. The summed E-state index contributed by atoms with van der Waals surface area (Å²) in [5, 5.41) is 21.0. The van der Waals surface area contributed by atoms with Gasteiger partial charge in [0.1, 0.15) is 0 Å². The number of H-pyrrole nitrogens is 1. The summed E-state index contributed by atoms with van der Waals surface area (Å²) in [6, 6.07) is 9.50. The Balaban J connectivity index is 1.93. The van der Waals surface area contributed by atoms with Crippen molar-refractivity contribution in [3.63, 3.8) is 0 Å². The molecule has 3 aromatic rings. The van der Waals surface area contributed by atoms with Crippen LogP contribution >= 0.6 is 0 Å². The molecule has 2 heterocycles. The highest BCUT2D eigenvalue weighted by molar-refractivity contribution is 5.94. The number of aromatic amines is 1. The Bertz CT molecular complexity index is 1100. The maximum atomic E-state index is 10.3. The number of nitrogens with zero attached hydrogens (tertiary/aromatic N) is 2. The van der Waals surface area contributed by atoms with E-state index < -0.39 is 0 Å². The monoisotopic (exact) mass is 321 g/mol. The zero-order valence-electron chi connectivity index (χ0n) is 13.2. The molecule has 0 atom stereocenters. The van der Waals surface area contributed by atoms with Gasteiger partial charge in [-0.2, -0.15) is 10.2 Å². The first-order valence-corrected chi connectivity index (χ1v) is 7.39. The molecule has 0 amide bonds. The second-order valence-corrected chi connectivity index (χ2v) is 5.45. The zero-order valence-corrected chi connectivity index (χ0v) is 13.2. The first kappa shape index (κ1) is 14.3. The molecule has 2 aromatic carbocycles. The summed E-state index contributed by atoms with van der Waals surface area (Å²) < 4.78 is 10.7. The maximum absolute atomic E-state index is 10.3. The van der Waals surface area contributed by atoms with Crippen molar-refractivity contribution in [3.8, 4) is 17.4 Å². The summed E-state index contributed by atoms with van der Waals surface area (Å²) in [7, 11) is 3.16. The number of fused-ring (bicyclic) bond motifs is 2. The summed E-state index contributed by atoms with van der Waals surface area (Å²) in [6.07, 6.45) is 3.62. The summed E-state index contributed by atoms with van der Waals surface area (Å²) in [5.41, 5.74) is 2.28. The fourth-order valence-corrected chi connectivity index (χ4v) is 2.84. The number of methoxy groups -OCH3 is 2. The minimum absolute atomic E-state index is 0.0917. The van der Waals surface area contributed by atoms with Crippen molar-refractivity contribution in [1.29, 1.82) is 0 Å². The molecule has 0 saturated heterocycles. The Hall–Kier alpha value is -3.28. The number of azo groups is 1. The fraction of sp³-hybridized carbons (Fsp3) is 0.111. The number of nitrogens with one attached hydrogen (secondary N) is 1. The van der Waals surface area contributed by atoms with Gasteiger partial charge in [-0.3, -0.25) is 0 Å². The second-order valence-electron chi connectivity index (χ2n) is 5.45. The van der Waals surface area contributed by atoms with Gasteiger partial charge in [-0.1, -0.05) is 12.1 Å². The van der Waals surface area contributed by atoms with E-state index >= 15 is 0 Å². The topological polar surface area (TPSA) is 79.2 Å². The molecule has 1 aliphatic heterocycles. The van der Waals surface area contributed by atoms with Crippen LogP contribution in [0, 0.1) is 0 Å². The average Bonchev–Trinajstić information content (AvgIpc) is 3.17. The third-order valence-electron chi connectivity index (χ3n) is 4.05. The molecule has 0 aliphatic carbocycles. The van der Waals surface area contributed by atoms with Gasteiger partial charge in [0.25, 0.3) is 0 Å². The van der Waals surface area contributed by atoms with Gasteiger partial charge < -0.3 is 19.6 Å². The van der Waals surface area contributed by atoms with Crippen molar-refractivity contribution < 1.29 is 14.6 Å². The number of benzene rings is 2. The molecule has 2 N–H and O–H groups in total. The maximum Gasteiger partial charge on any atom is 0.196 e. The molecule has 6 heteroatoms. The largest absolute Gasteiger partial charge is 0.494 e. The van der Waals surface area contributed by atoms with E-state index in [2.05, 4.69) is 15.2 Å². The molecule has 24 heavy (non-hydrogen) atoms. The molecule has 1 aliphatic rings. The Kier molecular flexibility index (Phi) is 3.23. The van der Waals surface area contributed by atoms with Crippen LogP contribution in [0.4, 0.5) is 5.69 Å². The Morgan fingerprint density at radius 3 is 2.67 bits per heavy atom. The van der Waals surface area contributed by atoms with Crippen LogP contribution in [0.5, 0.6) is 17.4 Å². The predicted octanol–water partition coefficient (Wildman–Crippen LogP) is 2.55. The number of aromatic nitrogens is 1. The van der Waals surface area contributed by atoms with E-state index in [1.54, 1.807) is 26.5 Å². The smallest absolute Gasteiger partial charge is 0.196 e. The third kappa shape index (κ3) is 2.20. The van der Waals surface area contributed by atoms with Gasteiger partial charge in [-0.25, -0.2) is 0 Å². The van der Waals surface area contributed by atoms with Gasteiger partial charge in [-0.05, 0) is 23.4 Å². The molecule has 0 radical (unpaired) electrons. The van der Waals surface area contributed by atoms with Crippen molar-refractivity contribution in [2.75, 3.05) is 14.2 Å². The normalized spacial score (nSPS) is 13.2. The van der Waals surface area contributed by atoms with Crippen molar-refractivity contribution >= 4 is 28.9 Å². The van der Waals surface area contributed by atoms with Crippen LogP contribution in [-0.4, -0.2) is 24.3 Å². The lowest BCUT2D eigenvalue weighted by molar-refractivity contribution is 0.356. The summed E-state index contributed by atoms with van der Waals surface area (Å²) in [6.45, 7) is 0. The minimum atomic E-state index is 0.0917. The van der Waals surface area contributed by atoms with Crippen molar-refractivity contribution in [3.05, 3.63) is 46.3 Å². The number of hydrogen-bond donors (Lipinski definition) is 2. The standard InChI is InChI=1S/C18H15N3O3/c1-23-16-7-12-13(18(22)20-15(12)8-17(16)24-2)5-10-3-4-11-9-19-21-14(11)6-10/h3-9,20,22H,1-2H3. The van der Waals surface area contributed by atoms with Crippen LogP contribution in [0.15, 0.2) is 40.6 Å². The molecular formula is C18H15N3O3. The van der Waals surface area contributed by atoms with Crippen molar-refractivity contribution in [2.45, 2.75) is 0 Å². The van der Waals surface area contributed by atoms with Crippen LogP contribution in [-0.2, 0) is 0 Å². The van der Waals surface area contributed by atoms with Crippen LogP contribution in [0.3, 0.4) is 0 Å². The van der Waals surface area contributed by atoms with Gasteiger partial charge in [0.05, 0.1) is 31.6 Å². The van der Waals surface area contributed by atoms with Crippen LogP contribution in [0.1, 0.15) is 5.56 Å². The zero-order chi connectivity index (χ0) is 16.7. The molecule has 120 valence electrons. The lowest BCUT2D eigenvalue weighted by Gasteiger charge is -2.07. The van der Waals surface area contributed by atoms with Gasteiger partial charge in [-0.15, -0.1) is 0 Å². The fourth-order valence-electron chi connectivity index (χ4n) is 2.84. The number of ether oxygens (including phenoxy) is 2. The molecular weight excluding hydrogens is 306 g/mol. The third-order valence-corrected chi connectivity index (χ3v) is 4.05. The predicted molar refractivity (Wildman–Crippen MR) is 91.3 cm³/mol. The van der Waals surface area contributed by atoms with E-state index in [0.29, 0.717) is 17.1 Å². The van der Waals surface area contributed by atoms with E-state index in [1.165, 1.54) is 0 Å². The highest BCUT2D eigenvalue weighted by atomic mass is 16.5. The van der Waals surface area contributed by atoms with Crippen LogP contribution in [0.25, 0.3) is 23.2 Å². The van der Waals surface area contributed by atoms with Crippen LogP contribution < -0.4 is 19.9 Å². The van der Waals surface area contributed by atoms with E-state index in [-0.39, 0.29) is 5.88 Å². The average molecular weight is 321 g/mol. The van der Waals surface area contributed by atoms with E-state index in [9.17, 15) is 5.11 Å². The van der Waals surface area contributed by atoms with Crippen molar-refractivity contribution in [2.24, 2.45) is 10.2 Å². The summed E-state index contributed by atoms with van der Waals surface area (Å²) in [4.78, 5) is 2.97. The lowest BCUT2D eigenvalue weighted by Crippen LogP contribution is -2.06. The first-order chi connectivity index (χ1) is 11.7. The van der Waals surface area contributed by atoms with E-state index in [4.69, 9.17) is 9.47 Å². The van der Waals surface area contributed by atoms with Gasteiger partial charge in [0.2, 0.25) is 0 Å². The summed E-state index contributed by atoms with van der Waals surface area (Å²) >= 11 is 0. The number of aromatic hydroxyl groups is 1. The molecule has 0 fully saturated rings. The second kappa shape index (κ2) is 5.42. The van der Waals surface area contributed by atoms with Gasteiger partial charge in [0.15, 0.2) is 17.4 Å². The van der Waals surface area contributed by atoms with Gasteiger partial charge in [0, 0.05) is 22.2 Å². The highest BCUT2D eigenvalue weighted by Gasteiger charge is 2.13. The Morgan fingerprint density at radius 1 is 1.08 bits per heavy atom. The van der Waals surface area contributed by atoms with E-state index in [1.807, 2.05) is 30.3 Å². The lowest BCUT2D eigenvalue weighted by atomic mass is 10.1. The molecule has 0 unspecified atom stereocenters. The molecule has 0 saturated carbocycles. The molecule has 1 aromatic heterocycles. The summed E-state index contributed by atoms with van der Waals surface area (Å²) in [5.74, 6) is 1.30. The molecule has 0 bridgehead atoms. The first-order valence-electron chi connectivity index (χ1n) is 7.39. The minimum Gasteiger partial charge on any atom is -0.494 e. The van der Waals surface area contributed by atoms with Crippen LogP contribution in [0.2, 0.25) is 0 Å². The number of rotatable bonds is 3. The number of hydrogen-bond acceptors (Lipinski definition) is 5. The molecule has 6 nitrogen and oxygen atoms in total. The SMILES string of the molecule is COc1cc2[nH]c(O)c(C=c3ccc4c(c3)N=NC=4)c2cc1OC. The Labute approximate surface area is 137 Å². The van der Waals surface area contributed by atoms with Gasteiger partial charge >= 0.3 is 0 Å². The quantitative estimate of drug-likeness (QED) is 0.778. The molecule has 4 rings (SSSR count). The Morgan fingerprint density at radius 2 is 1.88 bits per heavy atom. The molecule has 0 spiro atoms.